The molecule has 1 heterocycles. The zero-order chi connectivity index (χ0) is 13.3. The molecule has 0 bridgehead atoms. The fourth-order valence-corrected chi connectivity index (χ4v) is 2.46. The van der Waals surface area contributed by atoms with Crippen molar-refractivity contribution in [3.8, 4) is 0 Å². The van der Waals surface area contributed by atoms with Crippen LogP contribution in [-0.4, -0.2) is 34.4 Å². The summed E-state index contributed by atoms with van der Waals surface area (Å²) < 4.78 is 55.2. The van der Waals surface area contributed by atoms with Gasteiger partial charge in [0.1, 0.15) is 0 Å². The lowest BCUT2D eigenvalue weighted by atomic mass is 10.1. The molecular formula is C11H13F2NO3S. The second-order valence-electron chi connectivity index (χ2n) is 4.14. The Labute approximate surface area is 104 Å². The van der Waals surface area contributed by atoms with Crippen LogP contribution in [0, 0.1) is 11.6 Å². The molecule has 1 aromatic rings. The van der Waals surface area contributed by atoms with Crippen LogP contribution in [0.3, 0.4) is 0 Å². The van der Waals surface area contributed by atoms with Crippen LogP contribution in [-0.2, 0) is 14.6 Å². The van der Waals surface area contributed by atoms with Gasteiger partial charge in [-0.3, -0.25) is 0 Å². The van der Waals surface area contributed by atoms with E-state index in [9.17, 15) is 17.2 Å². The van der Waals surface area contributed by atoms with Crippen LogP contribution in [0.25, 0.3) is 0 Å². The molecule has 1 N–H and O–H groups in total. The number of benzene rings is 1. The number of halogens is 2. The highest BCUT2D eigenvalue weighted by Crippen LogP contribution is 2.26. The minimum atomic E-state index is -3.59. The average Bonchev–Trinajstić information content (AvgIpc) is 2.32. The first-order chi connectivity index (χ1) is 8.39. The van der Waals surface area contributed by atoms with Crippen molar-refractivity contribution in [2.75, 3.05) is 26.0 Å². The molecule has 0 saturated carbocycles. The number of hydrogen-bond acceptors (Lipinski definition) is 4. The molecule has 7 heteroatoms. The highest BCUT2D eigenvalue weighted by molar-refractivity contribution is 7.90. The summed E-state index contributed by atoms with van der Waals surface area (Å²) in [5.41, 5.74) is -0.0670. The van der Waals surface area contributed by atoms with E-state index < -0.39 is 27.6 Å². The number of rotatable bonds is 2. The van der Waals surface area contributed by atoms with E-state index in [1.807, 2.05) is 0 Å². The third-order valence-electron chi connectivity index (χ3n) is 2.73. The summed E-state index contributed by atoms with van der Waals surface area (Å²) in [5.74, 6) is -2.24. The van der Waals surface area contributed by atoms with Crippen molar-refractivity contribution in [2.24, 2.45) is 0 Å². The van der Waals surface area contributed by atoms with Crippen molar-refractivity contribution in [2.45, 2.75) is 11.0 Å². The van der Waals surface area contributed by atoms with Crippen LogP contribution >= 0.6 is 0 Å². The summed E-state index contributed by atoms with van der Waals surface area (Å²) in [5, 5.41) is 2.97. The summed E-state index contributed by atoms with van der Waals surface area (Å²) >= 11 is 0. The number of hydrogen-bond donors (Lipinski definition) is 1. The van der Waals surface area contributed by atoms with Crippen molar-refractivity contribution in [1.29, 1.82) is 0 Å². The van der Waals surface area contributed by atoms with E-state index in [2.05, 4.69) is 5.32 Å². The Balaban J connectivity index is 2.48. The Morgan fingerprint density at radius 3 is 2.67 bits per heavy atom. The van der Waals surface area contributed by atoms with Crippen molar-refractivity contribution < 1.29 is 21.9 Å². The first-order valence-corrected chi connectivity index (χ1v) is 7.30. The van der Waals surface area contributed by atoms with E-state index in [1.165, 1.54) is 0 Å². The molecule has 0 spiro atoms. The van der Waals surface area contributed by atoms with Crippen LogP contribution in [0.4, 0.5) is 8.78 Å². The van der Waals surface area contributed by atoms with Crippen molar-refractivity contribution >= 4 is 9.84 Å². The predicted molar refractivity (Wildman–Crippen MR) is 61.0 cm³/mol. The average molecular weight is 277 g/mol. The molecule has 2 rings (SSSR count). The molecule has 1 atom stereocenters. The van der Waals surface area contributed by atoms with Crippen molar-refractivity contribution in [3.63, 3.8) is 0 Å². The molecule has 18 heavy (non-hydrogen) atoms. The van der Waals surface area contributed by atoms with Gasteiger partial charge in [0, 0.05) is 24.9 Å². The van der Waals surface area contributed by atoms with E-state index in [0.717, 1.165) is 12.3 Å². The van der Waals surface area contributed by atoms with E-state index in [-0.39, 0.29) is 10.5 Å². The molecule has 4 nitrogen and oxygen atoms in total. The maximum Gasteiger partial charge on any atom is 0.175 e. The van der Waals surface area contributed by atoms with Gasteiger partial charge in [-0.05, 0) is 12.1 Å². The molecule has 1 saturated heterocycles. The minimum Gasteiger partial charge on any atom is -0.371 e. The molecule has 1 aliphatic rings. The quantitative estimate of drug-likeness (QED) is 0.820. The topological polar surface area (TPSA) is 55.4 Å². The normalized spacial score (nSPS) is 20.9. The molecule has 1 aliphatic heterocycles. The van der Waals surface area contributed by atoms with Crippen molar-refractivity contribution in [3.05, 3.63) is 29.3 Å². The van der Waals surface area contributed by atoms with Crippen molar-refractivity contribution in [1.82, 2.24) is 5.32 Å². The summed E-state index contributed by atoms with van der Waals surface area (Å²) in [6.07, 6.45) is 0.277. The Kier molecular flexibility index (Phi) is 3.65. The standard InChI is InChI=1S/C11H13F2NO3S/c1-18(15,16)7-4-8(11(13)9(12)5-7)10-6-14-2-3-17-10/h4-5,10,14H,2-3,6H2,1H3. The third-order valence-corrected chi connectivity index (χ3v) is 3.82. The molecule has 0 aromatic heterocycles. The zero-order valence-corrected chi connectivity index (χ0v) is 10.6. The number of sulfone groups is 1. The third kappa shape index (κ3) is 2.68. The lowest BCUT2D eigenvalue weighted by Crippen LogP contribution is -2.34. The van der Waals surface area contributed by atoms with Gasteiger partial charge in [0.15, 0.2) is 21.5 Å². The summed E-state index contributed by atoms with van der Waals surface area (Å²) in [6.45, 7) is 1.32. The first-order valence-electron chi connectivity index (χ1n) is 5.41. The van der Waals surface area contributed by atoms with E-state index in [0.29, 0.717) is 25.8 Å². The SMILES string of the molecule is CS(=O)(=O)c1cc(F)c(F)c(C2CNCCO2)c1. The van der Waals surface area contributed by atoms with E-state index in [4.69, 9.17) is 4.74 Å². The molecule has 0 amide bonds. The van der Waals surface area contributed by atoms with Gasteiger partial charge in [-0.2, -0.15) is 0 Å². The maximum absolute atomic E-state index is 13.7. The van der Waals surface area contributed by atoms with Gasteiger partial charge in [0.05, 0.1) is 17.6 Å². The smallest absolute Gasteiger partial charge is 0.175 e. The number of morpholine rings is 1. The lowest BCUT2D eigenvalue weighted by Gasteiger charge is -2.24. The molecule has 1 aromatic carbocycles. The van der Waals surface area contributed by atoms with Crippen LogP contribution < -0.4 is 5.32 Å². The highest BCUT2D eigenvalue weighted by atomic mass is 32.2. The van der Waals surface area contributed by atoms with Gasteiger partial charge < -0.3 is 10.1 Å². The molecule has 0 aliphatic carbocycles. The second kappa shape index (κ2) is 4.91. The lowest BCUT2D eigenvalue weighted by molar-refractivity contribution is 0.0250. The Bertz CT molecular complexity index is 554. The van der Waals surface area contributed by atoms with E-state index in [1.54, 1.807) is 0 Å². The highest BCUT2D eigenvalue weighted by Gasteiger charge is 2.24. The van der Waals surface area contributed by atoms with Gasteiger partial charge in [-0.15, -0.1) is 0 Å². The Morgan fingerprint density at radius 2 is 2.11 bits per heavy atom. The zero-order valence-electron chi connectivity index (χ0n) is 9.74. The summed E-state index contributed by atoms with van der Waals surface area (Å²) in [4.78, 5) is -0.245. The number of nitrogens with one attached hydrogen (secondary N) is 1. The predicted octanol–water partition coefficient (Wildman–Crippen LogP) is 1.03. The van der Waals surface area contributed by atoms with Gasteiger partial charge in [-0.25, -0.2) is 17.2 Å². The van der Waals surface area contributed by atoms with Gasteiger partial charge in [0.25, 0.3) is 0 Å². The van der Waals surface area contributed by atoms with Crippen LogP contribution in [0.15, 0.2) is 17.0 Å². The monoisotopic (exact) mass is 277 g/mol. The maximum atomic E-state index is 13.7. The van der Waals surface area contributed by atoms with Gasteiger partial charge in [0.2, 0.25) is 0 Å². The van der Waals surface area contributed by atoms with Gasteiger partial charge >= 0.3 is 0 Å². The van der Waals surface area contributed by atoms with E-state index >= 15 is 0 Å². The largest absolute Gasteiger partial charge is 0.371 e. The molecule has 1 unspecified atom stereocenters. The molecule has 100 valence electrons. The second-order valence-corrected chi connectivity index (χ2v) is 6.16. The van der Waals surface area contributed by atoms with Crippen LogP contribution in [0.5, 0.6) is 0 Å². The fraction of sp³-hybridized carbons (Fsp3) is 0.455. The van der Waals surface area contributed by atoms with Crippen LogP contribution in [0.1, 0.15) is 11.7 Å². The molecule has 0 radical (unpaired) electrons. The molecular weight excluding hydrogens is 264 g/mol. The van der Waals surface area contributed by atoms with Gasteiger partial charge in [-0.1, -0.05) is 0 Å². The Hall–Kier alpha value is -1.05. The summed E-state index contributed by atoms with van der Waals surface area (Å²) in [7, 11) is -3.59. The summed E-state index contributed by atoms with van der Waals surface area (Å²) in [6, 6.07) is 1.82. The fourth-order valence-electron chi connectivity index (χ4n) is 1.80. The minimum absolute atomic E-state index is 0.0670. The molecule has 1 fully saturated rings. The van der Waals surface area contributed by atoms with Crippen LogP contribution in [0.2, 0.25) is 0 Å². The number of ether oxygens (including phenoxy) is 1. The first kappa shape index (κ1) is 13.4. The Morgan fingerprint density at radius 1 is 1.39 bits per heavy atom.